The van der Waals surface area contributed by atoms with E-state index in [-0.39, 0.29) is 10.6 Å². The lowest BCUT2D eigenvalue weighted by Crippen LogP contribution is -2.28. The SMILES string of the molecule is COC(=O)c1ccc(CCn2c(CNCc3ccccc3OC)c(Cl)cc(Cl)c2=O)cc1. The van der Waals surface area contributed by atoms with Crippen LogP contribution in [-0.2, 0) is 30.8 Å². The summed E-state index contributed by atoms with van der Waals surface area (Å²) in [6, 6.07) is 16.3. The fourth-order valence-corrected chi connectivity index (χ4v) is 3.93. The highest BCUT2D eigenvalue weighted by molar-refractivity contribution is 6.34. The van der Waals surface area contributed by atoms with Gasteiger partial charge in [-0.1, -0.05) is 53.5 Å². The van der Waals surface area contributed by atoms with Crippen LogP contribution >= 0.6 is 23.2 Å². The highest BCUT2D eigenvalue weighted by atomic mass is 35.5. The van der Waals surface area contributed by atoms with E-state index in [9.17, 15) is 9.59 Å². The van der Waals surface area contributed by atoms with E-state index in [1.807, 2.05) is 36.4 Å². The average molecular weight is 475 g/mol. The Kier molecular flexibility index (Phi) is 8.33. The number of nitrogens with one attached hydrogen (secondary N) is 1. The molecule has 0 atom stereocenters. The smallest absolute Gasteiger partial charge is 0.337 e. The Bertz CT molecular complexity index is 1140. The van der Waals surface area contributed by atoms with Gasteiger partial charge in [-0.25, -0.2) is 4.79 Å². The molecule has 0 bridgehead atoms. The lowest BCUT2D eigenvalue weighted by molar-refractivity contribution is 0.0600. The predicted octanol–water partition coefficient (Wildman–Crippen LogP) is 4.48. The molecule has 6 nitrogen and oxygen atoms in total. The molecule has 1 heterocycles. The minimum Gasteiger partial charge on any atom is -0.496 e. The first kappa shape index (κ1) is 23.9. The van der Waals surface area contributed by atoms with E-state index in [0.717, 1.165) is 16.9 Å². The highest BCUT2D eigenvalue weighted by Crippen LogP contribution is 2.20. The van der Waals surface area contributed by atoms with Crippen molar-refractivity contribution in [2.75, 3.05) is 14.2 Å². The standard InChI is InChI=1S/C24H24Cl2N2O4/c1-31-22-6-4-3-5-18(22)14-27-15-21-19(25)13-20(26)23(29)28(21)12-11-16-7-9-17(10-8-16)24(30)32-2/h3-10,13,27H,11-12,14-15H2,1-2H3. The number of esters is 1. The van der Waals surface area contributed by atoms with Crippen LogP contribution in [0.4, 0.5) is 0 Å². The van der Waals surface area contributed by atoms with Crippen molar-refractivity contribution >= 4 is 29.2 Å². The van der Waals surface area contributed by atoms with Gasteiger partial charge in [-0.2, -0.15) is 0 Å². The molecule has 0 spiro atoms. The Hall–Kier alpha value is -2.80. The number of halogens is 2. The van der Waals surface area contributed by atoms with Crippen molar-refractivity contribution in [2.45, 2.75) is 26.1 Å². The number of pyridine rings is 1. The van der Waals surface area contributed by atoms with E-state index in [1.165, 1.54) is 13.2 Å². The number of ether oxygens (including phenoxy) is 2. The van der Waals surface area contributed by atoms with Crippen LogP contribution in [0, 0.1) is 0 Å². The van der Waals surface area contributed by atoms with Crippen LogP contribution in [-0.4, -0.2) is 24.8 Å². The average Bonchev–Trinajstić information content (AvgIpc) is 2.82. The van der Waals surface area contributed by atoms with Gasteiger partial charge >= 0.3 is 5.97 Å². The van der Waals surface area contributed by atoms with Gasteiger partial charge < -0.3 is 19.4 Å². The number of hydrogen-bond donors (Lipinski definition) is 1. The molecule has 0 aliphatic heterocycles. The molecule has 3 aromatic rings. The summed E-state index contributed by atoms with van der Waals surface area (Å²) < 4.78 is 11.7. The van der Waals surface area contributed by atoms with Crippen molar-refractivity contribution in [3.05, 3.63) is 97.4 Å². The second kappa shape index (κ2) is 11.2. The van der Waals surface area contributed by atoms with Gasteiger partial charge in [-0.05, 0) is 36.2 Å². The Morgan fingerprint density at radius 1 is 1.00 bits per heavy atom. The van der Waals surface area contributed by atoms with Gasteiger partial charge in [0.05, 0.1) is 30.5 Å². The number of para-hydroxylation sites is 1. The molecular weight excluding hydrogens is 451 g/mol. The van der Waals surface area contributed by atoms with E-state index in [1.54, 1.807) is 23.8 Å². The van der Waals surface area contributed by atoms with Gasteiger partial charge in [0.1, 0.15) is 10.8 Å². The van der Waals surface area contributed by atoms with Crippen LogP contribution in [0.15, 0.2) is 59.4 Å². The number of benzene rings is 2. The quantitative estimate of drug-likeness (QED) is 0.462. The van der Waals surface area contributed by atoms with Gasteiger partial charge in [-0.3, -0.25) is 4.79 Å². The monoisotopic (exact) mass is 474 g/mol. The normalized spacial score (nSPS) is 10.8. The first-order chi connectivity index (χ1) is 15.4. The zero-order valence-corrected chi connectivity index (χ0v) is 19.4. The maximum Gasteiger partial charge on any atom is 0.337 e. The zero-order valence-electron chi connectivity index (χ0n) is 17.9. The van der Waals surface area contributed by atoms with Crippen LogP contribution < -0.4 is 15.6 Å². The van der Waals surface area contributed by atoms with Crippen molar-refractivity contribution in [1.29, 1.82) is 0 Å². The molecule has 0 fully saturated rings. The second-order valence-corrected chi connectivity index (χ2v) is 7.91. The molecule has 0 saturated carbocycles. The Morgan fingerprint density at radius 2 is 1.72 bits per heavy atom. The van der Waals surface area contributed by atoms with Crippen LogP contribution in [0.5, 0.6) is 5.75 Å². The fraction of sp³-hybridized carbons (Fsp3) is 0.250. The first-order valence-electron chi connectivity index (χ1n) is 10.0. The number of rotatable bonds is 9. The third-order valence-electron chi connectivity index (χ3n) is 5.10. The van der Waals surface area contributed by atoms with Crippen LogP contribution in [0.1, 0.15) is 27.2 Å². The van der Waals surface area contributed by atoms with Gasteiger partial charge in [0.2, 0.25) is 0 Å². The summed E-state index contributed by atoms with van der Waals surface area (Å²) in [6.07, 6.45) is 0.567. The molecule has 1 N–H and O–H groups in total. The second-order valence-electron chi connectivity index (χ2n) is 7.10. The van der Waals surface area contributed by atoms with E-state index in [0.29, 0.717) is 42.3 Å². The van der Waals surface area contributed by atoms with Crippen molar-refractivity contribution < 1.29 is 14.3 Å². The van der Waals surface area contributed by atoms with Gasteiger partial charge in [-0.15, -0.1) is 0 Å². The van der Waals surface area contributed by atoms with E-state index in [4.69, 9.17) is 32.7 Å². The third kappa shape index (κ3) is 5.71. The van der Waals surface area contributed by atoms with Crippen LogP contribution in [0.2, 0.25) is 10.0 Å². The summed E-state index contributed by atoms with van der Waals surface area (Å²) in [6.45, 7) is 1.32. The van der Waals surface area contributed by atoms with Crippen molar-refractivity contribution in [1.82, 2.24) is 9.88 Å². The van der Waals surface area contributed by atoms with Crippen molar-refractivity contribution in [3.8, 4) is 5.75 Å². The van der Waals surface area contributed by atoms with Crippen LogP contribution in [0.3, 0.4) is 0 Å². The van der Waals surface area contributed by atoms with Gasteiger partial charge in [0.15, 0.2) is 0 Å². The maximum atomic E-state index is 12.7. The molecule has 0 aliphatic rings. The molecular formula is C24H24Cl2N2O4. The van der Waals surface area contributed by atoms with Crippen molar-refractivity contribution in [3.63, 3.8) is 0 Å². The Morgan fingerprint density at radius 3 is 2.41 bits per heavy atom. The molecule has 2 aromatic carbocycles. The minimum atomic E-state index is -0.391. The molecule has 0 aliphatic carbocycles. The Balaban J connectivity index is 1.75. The molecule has 8 heteroatoms. The summed E-state index contributed by atoms with van der Waals surface area (Å²) >= 11 is 12.5. The summed E-state index contributed by atoms with van der Waals surface area (Å²) in [4.78, 5) is 24.3. The summed E-state index contributed by atoms with van der Waals surface area (Å²) in [7, 11) is 2.97. The molecule has 0 amide bonds. The lowest BCUT2D eigenvalue weighted by atomic mass is 10.1. The number of aryl methyl sites for hydroxylation is 1. The number of nitrogens with zero attached hydrogens (tertiary/aromatic N) is 1. The lowest BCUT2D eigenvalue weighted by Gasteiger charge is -2.16. The van der Waals surface area contributed by atoms with Gasteiger partial charge in [0.25, 0.3) is 5.56 Å². The molecule has 3 rings (SSSR count). The molecule has 0 unspecified atom stereocenters. The maximum absolute atomic E-state index is 12.7. The molecule has 168 valence electrons. The topological polar surface area (TPSA) is 69.6 Å². The first-order valence-corrected chi connectivity index (χ1v) is 10.8. The van der Waals surface area contributed by atoms with Crippen LogP contribution in [0.25, 0.3) is 0 Å². The third-order valence-corrected chi connectivity index (χ3v) is 5.70. The number of aromatic nitrogens is 1. The van der Waals surface area contributed by atoms with Gasteiger partial charge in [0, 0.05) is 25.2 Å². The predicted molar refractivity (Wildman–Crippen MR) is 126 cm³/mol. The van der Waals surface area contributed by atoms with E-state index >= 15 is 0 Å². The number of carbonyl (C=O) groups is 1. The molecule has 1 aromatic heterocycles. The number of methoxy groups -OCH3 is 2. The number of hydrogen-bond acceptors (Lipinski definition) is 5. The summed E-state index contributed by atoms with van der Waals surface area (Å²) in [5.74, 6) is 0.396. The summed E-state index contributed by atoms with van der Waals surface area (Å²) in [5.41, 5.74) is 2.80. The number of carbonyl (C=O) groups excluding carboxylic acids is 1. The molecule has 0 saturated heterocycles. The largest absolute Gasteiger partial charge is 0.496 e. The highest BCUT2D eigenvalue weighted by Gasteiger charge is 2.14. The minimum absolute atomic E-state index is 0.0736. The Labute approximate surface area is 196 Å². The molecule has 32 heavy (non-hydrogen) atoms. The summed E-state index contributed by atoms with van der Waals surface area (Å²) in [5, 5.41) is 3.82. The van der Waals surface area contributed by atoms with Crippen molar-refractivity contribution in [2.24, 2.45) is 0 Å². The zero-order chi connectivity index (χ0) is 23.1. The van der Waals surface area contributed by atoms with E-state index in [2.05, 4.69) is 5.32 Å². The fourth-order valence-electron chi connectivity index (χ4n) is 3.38. The van der Waals surface area contributed by atoms with E-state index < -0.39 is 5.97 Å². The molecule has 0 radical (unpaired) electrons.